The van der Waals surface area contributed by atoms with Crippen molar-refractivity contribution in [3.8, 4) is 11.5 Å². The molecule has 3 aromatic rings. The van der Waals surface area contributed by atoms with Crippen LogP contribution in [0.4, 0.5) is 10.3 Å². The molecule has 0 aliphatic carbocycles. The van der Waals surface area contributed by atoms with Gasteiger partial charge in [-0.25, -0.2) is 12.8 Å². The minimum absolute atomic E-state index is 0.0269. The molecule has 0 bridgehead atoms. The van der Waals surface area contributed by atoms with Crippen LogP contribution in [0.5, 0.6) is 0 Å². The van der Waals surface area contributed by atoms with Gasteiger partial charge in [0.05, 0.1) is 4.90 Å². The van der Waals surface area contributed by atoms with Crippen molar-refractivity contribution in [3.63, 3.8) is 0 Å². The molecule has 1 aromatic heterocycles. The van der Waals surface area contributed by atoms with E-state index in [1.54, 1.807) is 24.3 Å². The smallest absolute Gasteiger partial charge is 0.236 e. The molecule has 152 valence electrons. The van der Waals surface area contributed by atoms with Crippen molar-refractivity contribution in [2.24, 2.45) is 0 Å². The summed E-state index contributed by atoms with van der Waals surface area (Å²) in [5.74, 6) is -0.0879. The second-order valence-electron chi connectivity index (χ2n) is 7.00. The van der Waals surface area contributed by atoms with Crippen LogP contribution >= 0.6 is 11.6 Å². The maximum absolute atomic E-state index is 13.3. The fourth-order valence-corrected chi connectivity index (χ4v) is 4.93. The molecule has 0 radical (unpaired) electrons. The fourth-order valence-electron chi connectivity index (χ4n) is 3.42. The number of benzene rings is 2. The lowest BCUT2D eigenvalue weighted by Gasteiger charge is -2.20. The van der Waals surface area contributed by atoms with Gasteiger partial charge in [0.2, 0.25) is 26.6 Å². The van der Waals surface area contributed by atoms with Crippen molar-refractivity contribution in [1.82, 2.24) is 4.98 Å². The lowest BCUT2D eigenvalue weighted by Crippen LogP contribution is -2.25. The molecule has 4 rings (SSSR count). The van der Waals surface area contributed by atoms with Crippen LogP contribution in [0.25, 0.3) is 11.5 Å². The first-order valence-electron chi connectivity index (χ1n) is 9.47. The summed E-state index contributed by atoms with van der Waals surface area (Å²) >= 11 is 6.08. The van der Waals surface area contributed by atoms with E-state index in [2.05, 4.69) is 4.98 Å². The lowest BCUT2D eigenvalue weighted by molar-refractivity contribution is 0.543. The number of aromatic nitrogens is 1. The SMILES string of the molecule is O=S(=O)(c1ccc(F)cc1)c1nc(-c2cccc(Cl)c2)oc1N1CCCCCC1. The van der Waals surface area contributed by atoms with Crippen LogP contribution in [-0.4, -0.2) is 26.5 Å². The zero-order chi connectivity index (χ0) is 20.4. The van der Waals surface area contributed by atoms with E-state index in [1.165, 1.54) is 12.1 Å². The van der Waals surface area contributed by atoms with E-state index in [1.807, 2.05) is 4.90 Å². The molecular weight excluding hydrogens is 415 g/mol. The van der Waals surface area contributed by atoms with E-state index in [4.69, 9.17) is 16.0 Å². The molecule has 1 saturated heterocycles. The highest BCUT2D eigenvalue weighted by atomic mass is 35.5. The molecule has 2 heterocycles. The molecule has 1 fully saturated rings. The molecular formula is C21H20ClFN2O3S. The Morgan fingerprint density at radius 1 is 1.00 bits per heavy atom. The Labute approximate surface area is 174 Å². The second-order valence-corrected chi connectivity index (χ2v) is 9.30. The van der Waals surface area contributed by atoms with Crippen LogP contribution in [0, 0.1) is 5.82 Å². The Bertz CT molecular complexity index is 1110. The van der Waals surface area contributed by atoms with E-state index in [9.17, 15) is 12.8 Å². The number of oxazole rings is 1. The number of nitrogens with zero attached hydrogens (tertiary/aromatic N) is 2. The molecule has 0 amide bonds. The summed E-state index contributed by atoms with van der Waals surface area (Å²) in [4.78, 5) is 6.26. The lowest BCUT2D eigenvalue weighted by atomic mass is 10.2. The van der Waals surface area contributed by atoms with Crippen LogP contribution in [0.15, 0.2) is 62.9 Å². The highest BCUT2D eigenvalue weighted by molar-refractivity contribution is 7.91. The molecule has 8 heteroatoms. The predicted molar refractivity (Wildman–Crippen MR) is 109 cm³/mol. The maximum Gasteiger partial charge on any atom is 0.236 e. The van der Waals surface area contributed by atoms with Crippen LogP contribution in [0.2, 0.25) is 5.02 Å². The average molecular weight is 435 g/mol. The fraction of sp³-hybridized carbons (Fsp3) is 0.286. The van der Waals surface area contributed by atoms with Crippen molar-refractivity contribution in [3.05, 3.63) is 59.4 Å². The quantitative estimate of drug-likeness (QED) is 0.518. The Hall–Kier alpha value is -2.38. The standard InChI is InChI=1S/C21H20ClFN2O3S/c22-16-7-5-6-15(14-16)19-24-20(21(28-19)25-12-3-1-2-4-13-25)29(26,27)18-10-8-17(23)9-11-18/h5-11,14H,1-4,12-13H2. The number of anilines is 1. The number of hydrogen-bond acceptors (Lipinski definition) is 5. The molecule has 1 aliphatic rings. The number of rotatable bonds is 4. The monoisotopic (exact) mass is 434 g/mol. The van der Waals surface area contributed by atoms with E-state index < -0.39 is 15.7 Å². The van der Waals surface area contributed by atoms with Gasteiger partial charge in [-0.15, -0.1) is 0 Å². The molecule has 0 saturated carbocycles. The highest BCUT2D eigenvalue weighted by Crippen LogP contribution is 2.36. The van der Waals surface area contributed by atoms with Gasteiger partial charge >= 0.3 is 0 Å². The summed E-state index contributed by atoms with van der Waals surface area (Å²) in [6, 6.07) is 11.6. The third kappa shape index (κ3) is 4.16. The Kier molecular flexibility index (Phi) is 5.61. The molecule has 2 aromatic carbocycles. The van der Waals surface area contributed by atoms with Gasteiger partial charge in [-0.05, 0) is 55.3 Å². The van der Waals surface area contributed by atoms with Gasteiger partial charge in [-0.1, -0.05) is 30.5 Å². The summed E-state index contributed by atoms with van der Waals surface area (Å²) in [5.41, 5.74) is 0.592. The molecule has 0 N–H and O–H groups in total. The molecule has 1 aliphatic heterocycles. The van der Waals surface area contributed by atoms with E-state index >= 15 is 0 Å². The zero-order valence-corrected chi connectivity index (χ0v) is 17.2. The maximum atomic E-state index is 13.3. The summed E-state index contributed by atoms with van der Waals surface area (Å²) in [6.45, 7) is 1.38. The second kappa shape index (κ2) is 8.16. The summed E-state index contributed by atoms with van der Waals surface area (Å²) in [6.07, 6.45) is 4.07. The third-order valence-corrected chi connectivity index (χ3v) is 6.83. The minimum Gasteiger partial charge on any atom is -0.419 e. The highest BCUT2D eigenvalue weighted by Gasteiger charge is 2.31. The molecule has 0 unspecified atom stereocenters. The molecule has 29 heavy (non-hydrogen) atoms. The first-order chi connectivity index (χ1) is 13.9. The Morgan fingerprint density at radius 2 is 1.69 bits per heavy atom. The van der Waals surface area contributed by atoms with Gasteiger partial charge in [-0.3, -0.25) is 0 Å². The van der Waals surface area contributed by atoms with Crippen LogP contribution in [-0.2, 0) is 9.84 Å². The summed E-state index contributed by atoms with van der Waals surface area (Å²) in [5, 5.41) is 0.348. The normalized spacial score (nSPS) is 15.3. The summed E-state index contributed by atoms with van der Waals surface area (Å²) in [7, 11) is -3.99. The topological polar surface area (TPSA) is 63.4 Å². The largest absolute Gasteiger partial charge is 0.419 e. The van der Waals surface area contributed by atoms with E-state index in [-0.39, 0.29) is 21.7 Å². The predicted octanol–water partition coefficient (Wildman–Crippen LogP) is 5.35. The molecule has 0 spiro atoms. The number of hydrogen-bond donors (Lipinski definition) is 0. The van der Waals surface area contributed by atoms with Crippen LogP contribution in [0.3, 0.4) is 0 Å². The van der Waals surface area contributed by atoms with Crippen LogP contribution in [0.1, 0.15) is 25.7 Å². The third-order valence-electron chi connectivity index (χ3n) is 4.92. The van der Waals surface area contributed by atoms with Gasteiger partial charge in [0.25, 0.3) is 0 Å². The van der Waals surface area contributed by atoms with E-state index in [0.717, 1.165) is 37.8 Å². The van der Waals surface area contributed by atoms with Crippen LogP contribution < -0.4 is 4.90 Å². The van der Waals surface area contributed by atoms with Crippen molar-refractivity contribution in [2.75, 3.05) is 18.0 Å². The van der Waals surface area contributed by atoms with Gasteiger partial charge in [0.1, 0.15) is 5.82 Å². The molecule has 5 nitrogen and oxygen atoms in total. The zero-order valence-electron chi connectivity index (χ0n) is 15.6. The van der Waals surface area contributed by atoms with Crippen molar-refractivity contribution in [1.29, 1.82) is 0 Å². The first-order valence-corrected chi connectivity index (χ1v) is 11.3. The summed E-state index contributed by atoms with van der Waals surface area (Å²) < 4.78 is 45.9. The van der Waals surface area contributed by atoms with Gasteiger partial charge < -0.3 is 9.32 Å². The van der Waals surface area contributed by atoms with Crippen molar-refractivity contribution < 1.29 is 17.2 Å². The molecule has 0 atom stereocenters. The van der Waals surface area contributed by atoms with E-state index in [0.29, 0.717) is 23.7 Å². The van der Waals surface area contributed by atoms with Crippen molar-refractivity contribution in [2.45, 2.75) is 35.6 Å². The Morgan fingerprint density at radius 3 is 2.34 bits per heavy atom. The number of halogens is 2. The number of sulfone groups is 1. The van der Waals surface area contributed by atoms with Gasteiger partial charge in [0, 0.05) is 23.7 Å². The first kappa shape index (κ1) is 19.9. The van der Waals surface area contributed by atoms with Gasteiger partial charge in [0.15, 0.2) is 0 Å². The van der Waals surface area contributed by atoms with Crippen molar-refractivity contribution >= 4 is 27.3 Å². The Balaban J connectivity index is 1.85. The van der Waals surface area contributed by atoms with Gasteiger partial charge in [-0.2, -0.15) is 4.98 Å². The minimum atomic E-state index is -3.99. The average Bonchev–Trinajstić information content (AvgIpc) is 2.98.